The third kappa shape index (κ3) is 2.16. The number of aliphatic hydroxyl groups is 1. The maximum Gasteiger partial charge on any atom is 0.330 e. The summed E-state index contributed by atoms with van der Waals surface area (Å²) < 4.78 is 11.2. The van der Waals surface area contributed by atoms with Gasteiger partial charge in [0.05, 0.1) is 18.1 Å². The van der Waals surface area contributed by atoms with Gasteiger partial charge in [0.15, 0.2) is 11.5 Å². The number of benzene rings is 1. The molecule has 2 N–H and O–H groups in total. The maximum absolute atomic E-state index is 12.3. The smallest absolute Gasteiger partial charge is 0.330 e. The van der Waals surface area contributed by atoms with Crippen molar-refractivity contribution in [2.75, 3.05) is 20.2 Å². The molecule has 3 aliphatic carbocycles. The van der Waals surface area contributed by atoms with E-state index in [-0.39, 0.29) is 11.8 Å². The zero-order valence-corrected chi connectivity index (χ0v) is 16.7. The molecule has 2 bridgehead atoms. The second kappa shape index (κ2) is 5.76. The van der Waals surface area contributed by atoms with E-state index in [2.05, 4.69) is 4.90 Å². The topological polar surface area (TPSA) is 79.2 Å². The summed E-state index contributed by atoms with van der Waals surface area (Å²) in [7, 11) is 1.37. The number of nitrogens with zero attached hydrogens (tertiary/aromatic N) is 1. The van der Waals surface area contributed by atoms with Gasteiger partial charge in [-0.05, 0) is 68.2 Å². The van der Waals surface area contributed by atoms with E-state index in [0.29, 0.717) is 18.6 Å². The predicted molar refractivity (Wildman–Crippen MR) is 105 cm³/mol. The van der Waals surface area contributed by atoms with Crippen LogP contribution in [0, 0.1) is 5.92 Å². The number of likely N-dealkylation sites (tertiary alicyclic amines) is 1. The number of piperidine rings is 1. The fourth-order valence-corrected chi connectivity index (χ4v) is 6.69. The highest BCUT2D eigenvalue weighted by Gasteiger charge is 2.72. The Labute approximate surface area is 170 Å². The lowest BCUT2D eigenvalue weighted by molar-refractivity contribution is -0.175. The van der Waals surface area contributed by atoms with E-state index in [1.165, 1.54) is 26.0 Å². The van der Waals surface area contributed by atoms with E-state index < -0.39 is 23.1 Å². The Morgan fingerprint density at radius 2 is 2.21 bits per heavy atom. The first kappa shape index (κ1) is 17.8. The van der Waals surface area contributed by atoms with Crippen molar-refractivity contribution in [1.82, 2.24) is 4.90 Å². The number of carbonyl (C=O) groups excluding carboxylic acids is 1. The highest BCUT2D eigenvalue weighted by molar-refractivity contribution is 5.83. The summed E-state index contributed by atoms with van der Waals surface area (Å²) in [6, 6.07) is 3.75. The van der Waals surface area contributed by atoms with Gasteiger partial charge in [0.1, 0.15) is 6.10 Å². The molecule has 5 aliphatic rings. The number of carbonyl (C=O) groups is 1. The van der Waals surface area contributed by atoms with Gasteiger partial charge in [0.25, 0.3) is 0 Å². The molecular formula is C23H27NO5. The van der Waals surface area contributed by atoms with Crippen LogP contribution < -0.4 is 4.74 Å². The standard InChI is InChI=1S/C23H27NO5/c1-28-18(26)11-15-6-7-23(27)17-10-14-4-5-16(25)20-19(14)22(23,21(15)29-20)8-9-24(17)12-13-2-3-13/h4-5,11,13,17,21,25,27H,2-3,6-10,12H2,1H3/t17-,21?,22+,23-/m1/s1. The summed E-state index contributed by atoms with van der Waals surface area (Å²) in [5.41, 5.74) is 1.46. The lowest BCUT2D eigenvalue weighted by atomic mass is 9.48. The average molecular weight is 397 g/mol. The summed E-state index contributed by atoms with van der Waals surface area (Å²) in [5, 5.41) is 22.8. The van der Waals surface area contributed by atoms with Gasteiger partial charge >= 0.3 is 5.97 Å². The SMILES string of the molecule is COC(=O)C=C1CC[C@@]2(O)[C@H]3Cc4ccc(O)c5c4[C@@]2(CCN3CC2CC2)C1O5. The van der Waals surface area contributed by atoms with Crippen LogP contribution in [-0.4, -0.2) is 59.0 Å². The van der Waals surface area contributed by atoms with Crippen LogP contribution in [-0.2, 0) is 21.4 Å². The Morgan fingerprint density at radius 1 is 1.38 bits per heavy atom. The molecule has 0 aromatic heterocycles. The molecular weight excluding hydrogens is 370 g/mol. The van der Waals surface area contributed by atoms with Crippen LogP contribution in [0.15, 0.2) is 23.8 Å². The third-order valence-electron chi connectivity index (χ3n) is 8.15. The number of methoxy groups -OCH3 is 1. The molecule has 3 fully saturated rings. The van der Waals surface area contributed by atoms with Crippen molar-refractivity contribution in [3.05, 3.63) is 34.9 Å². The van der Waals surface area contributed by atoms with Crippen molar-refractivity contribution in [2.24, 2.45) is 5.92 Å². The number of aromatic hydroxyl groups is 1. The summed E-state index contributed by atoms with van der Waals surface area (Å²) in [6.45, 7) is 1.96. The molecule has 29 heavy (non-hydrogen) atoms. The van der Waals surface area contributed by atoms with Crippen LogP contribution in [0.2, 0.25) is 0 Å². The van der Waals surface area contributed by atoms with Crippen molar-refractivity contribution >= 4 is 5.97 Å². The molecule has 1 aromatic rings. The highest BCUT2D eigenvalue weighted by atomic mass is 16.5. The average Bonchev–Trinajstić information content (AvgIpc) is 3.44. The van der Waals surface area contributed by atoms with Gasteiger partial charge in [-0.2, -0.15) is 0 Å². The largest absolute Gasteiger partial charge is 0.504 e. The minimum atomic E-state index is -0.926. The molecule has 2 saturated carbocycles. The van der Waals surface area contributed by atoms with Crippen molar-refractivity contribution < 1.29 is 24.5 Å². The van der Waals surface area contributed by atoms with E-state index >= 15 is 0 Å². The Hall–Kier alpha value is -2.05. The van der Waals surface area contributed by atoms with Gasteiger partial charge in [0, 0.05) is 24.2 Å². The van der Waals surface area contributed by atoms with E-state index in [4.69, 9.17) is 9.47 Å². The van der Waals surface area contributed by atoms with Crippen LogP contribution in [0.1, 0.15) is 43.2 Å². The number of hydrogen-bond donors (Lipinski definition) is 2. The Morgan fingerprint density at radius 3 is 2.97 bits per heavy atom. The van der Waals surface area contributed by atoms with Crippen molar-refractivity contribution in [3.63, 3.8) is 0 Å². The second-order valence-electron chi connectivity index (χ2n) is 9.49. The zero-order chi connectivity index (χ0) is 20.0. The Balaban J connectivity index is 1.53. The van der Waals surface area contributed by atoms with E-state index in [9.17, 15) is 15.0 Å². The first-order chi connectivity index (χ1) is 14.0. The molecule has 1 aromatic carbocycles. The van der Waals surface area contributed by atoms with Crippen LogP contribution in [0.3, 0.4) is 0 Å². The van der Waals surface area contributed by atoms with E-state index in [1.54, 1.807) is 6.07 Å². The zero-order valence-electron chi connectivity index (χ0n) is 16.7. The molecule has 154 valence electrons. The second-order valence-corrected chi connectivity index (χ2v) is 9.49. The van der Waals surface area contributed by atoms with Gasteiger partial charge in [-0.25, -0.2) is 4.79 Å². The molecule has 2 heterocycles. The van der Waals surface area contributed by atoms with Gasteiger partial charge in [0.2, 0.25) is 0 Å². The number of rotatable bonds is 3. The number of hydrogen-bond acceptors (Lipinski definition) is 6. The fraction of sp³-hybridized carbons (Fsp3) is 0.609. The summed E-state index contributed by atoms with van der Waals surface area (Å²) in [6.07, 6.45) is 6.40. The monoisotopic (exact) mass is 397 g/mol. The lowest BCUT2D eigenvalue weighted by Gasteiger charge is -2.63. The van der Waals surface area contributed by atoms with Crippen LogP contribution in [0.5, 0.6) is 11.5 Å². The van der Waals surface area contributed by atoms with Crippen LogP contribution in [0.25, 0.3) is 0 Å². The van der Waals surface area contributed by atoms with E-state index in [1.807, 2.05) is 6.07 Å². The lowest BCUT2D eigenvalue weighted by Crippen LogP contribution is -2.75. The third-order valence-corrected chi connectivity index (χ3v) is 8.15. The molecule has 2 aliphatic heterocycles. The Kier molecular flexibility index (Phi) is 3.53. The van der Waals surface area contributed by atoms with Gasteiger partial charge in [-0.3, -0.25) is 4.90 Å². The van der Waals surface area contributed by atoms with Crippen molar-refractivity contribution in [1.29, 1.82) is 0 Å². The molecule has 6 rings (SSSR count). The molecule has 0 radical (unpaired) electrons. The minimum absolute atomic E-state index is 0.0469. The maximum atomic E-state index is 12.3. The molecule has 0 amide bonds. The predicted octanol–water partition coefficient (Wildman–Crippen LogP) is 2.06. The Bertz CT molecular complexity index is 937. The summed E-state index contributed by atoms with van der Waals surface area (Å²) in [5.74, 6) is 0.978. The first-order valence-corrected chi connectivity index (χ1v) is 10.7. The van der Waals surface area contributed by atoms with Gasteiger partial charge in [-0.1, -0.05) is 6.07 Å². The molecule has 6 nitrogen and oxygen atoms in total. The highest BCUT2D eigenvalue weighted by Crippen LogP contribution is 2.66. The van der Waals surface area contributed by atoms with Crippen molar-refractivity contribution in [2.45, 2.75) is 61.7 Å². The molecule has 1 spiro atoms. The molecule has 6 heteroatoms. The quantitative estimate of drug-likeness (QED) is 0.600. The van der Waals surface area contributed by atoms with Crippen LogP contribution >= 0.6 is 0 Å². The normalized spacial score (nSPS) is 38.5. The number of ether oxygens (including phenoxy) is 2. The minimum Gasteiger partial charge on any atom is -0.504 e. The van der Waals surface area contributed by atoms with E-state index in [0.717, 1.165) is 48.5 Å². The fourth-order valence-electron chi connectivity index (χ4n) is 6.69. The number of phenolic OH excluding ortho intramolecular Hbond substituents is 1. The first-order valence-electron chi connectivity index (χ1n) is 10.7. The van der Waals surface area contributed by atoms with Gasteiger partial charge in [-0.15, -0.1) is 0 Å². The molecule has 1 saturated heterocycles. The summed E-state index contributed by atoms with van der Waals surface area (Å²) >= 11 is 0. The van der Waals surface area contributed by atoms with Crippen LogP contribution in [0.4, 0.5) is 0 Å². The number of phenols is 1. The summed E-state index contributed by atoms with van der Waals surface area (Å²) in [4.78, 5) is 14.5. The number of esters is 1. The van der Waals surface area contributed by atoms with Crippen molar-refractivity contribution in [3.8, 4) is 11.5 Å². The van der Waals surface area contributed by atoms with Gasteiger partial charge < -0.3 is 19.7 Å². The molecule has 1 unspecified atom stereocenters. The molecule has 4 atom stereocenters.